The van der Waals surface area contributed by atoms with Crippen LogP contribution in [-0.2, 0) is 21.2 Å². The van der Waals surface area contributed by atoms with Gasteiger partial charge in [0.2, 0.25) is 5.91 Å². The number of nitrogens with one attached hydrogen (secondary N) is 2. The molecule has 0 saturated carbocycles. The molecule has 1 aliphatic rings. The van der Waals surface area contributed by atoms with Crippen molar-refractivity contribution in [3.05, 3.63) is 48.0 Å². The number of benzene rings is 2. The molecule has 2 aromatic rings. The number of thioether (sulfide) groups is 1. The fraction of sp³-hybridized carbons (Fsp3) is 0.278. The topological polar surface area (TPSA) is 75.3 Å². The second kappa shape index (κ2) is 7.09. The van der Waals surface area contributed by atoms with Gasteiger partial charge in [-0.3, -0.25) is 9.52 Å². The first-order chi connectivity index (χ1) is 11.9. The SMILES string of the molecule is CCc1ccc(NS(=O)(=O)c2ccc3c(c2)NC(=O)[C@@H](CC)S3)cc1. The van der Waals surface area contributed by atoms with Crippen LogP contribution in [0.1, 0.15) is 25.8 Å². The van der Waals surface area contributed by atoms with Crippen molar-refractivity contribution in [3.63, 3.8) is 0 Å². The van der Waals surface area contributed by atoms with E-state index in [1.165, 1.54) is 17.8 Å². The van der Waals surface area contributed by atoms with Crippen LogP contribution in [0.5, 0.6) is 0 Å². The van der Waals surface area contributed by atoms with Gasteiger partial charge < -0.3 is 5.32 Å². The van der Waals surface area contributed by atoms with Gasteiger partial charge in [0.05, 0.1) is 15.8 Å². The van der Waals surface area contributed by atoms with Crippen LogP contribution in [0.2, 0.25) is 0 Å². The standard InChI is InChI=1S/C18H20N2O3S2/c1-3-12-5-7-13(8-6-12)20-25(22,23)14-9-10-17-15(11-14)19-18(21)16(4-2)24-17/h5-11,16,20H,3-4H2,1-2H3,(H,19,21)/t16-/m1/s1. The van der Waals surface area contributed by atoms with Gasteiger partial charge in [-0.2, -0.15) is 0 Å². The molecule has 2 N–H and O–H groups in total. The number of amides is 1. The van der Waals surface area contributed by atoms with Crippen molar-refractivity contribution in [2.75, 3.05) is 10.0 Å². The van der Waals surface area contributed by atoms with Crippen molar-refractivity contribution < 1.29 is 13.2 Å². The Hall–Kier alpha value is -1.99. The second-order valence-electron chi connectivity index (χ2n) is 5.82. The smallest absolute Gasteiger partial charge is 0.261 e. The Bertz CT molecular complexity index is 893. The number of fused-ring (bicyclic) bond motifs is 1. The largest absolute Gasteiger partial charge is 0.324 e. The number of hydrogen-bond donors (Lipinski definition) is 2. The minimum atomic E-state index is -3.71. The normalized spacial score (nSPS) is 16.9. The van der Waals surface area contributed by atoms with Gasteiger partial charge in [0.15, 0.2) is 0 Å². The number of carbonyl (C=O) groups excluding carboxylic acids is 1. The Kier molecular flexibility index (Phi) is 5.06. The molecule has 132 valence electrons. The maximum atomic E-state index is 12.6. The van der Waals surface area contributed by atoms with E-state index >= 15 is 0 Å². The fourth-order valence-corrected chi connectivity index (χ4v) is 4.70. The van der Waals surface area contributed by atoms with Crippen molar-refractivity contribution in [1.82, 2.24) is 0 Å². The summed E-state index contributed by atoms with van der Waals surface area (Å²) in [5.41, 5.74) is 2.20. The van der Waals surface area contributed by atoms with Gasteiger partial charge in [-0.15, -0.1) is 11.8 Å². The maximum absolute atomic E-state index is 12.6. The Morgan fingerprint density at radius 1 is 1.12 bits per heavy atom. The van der Waals surface area contributed by atoms with Crippen LogP contribution in [0.15, 0.2) is 52.3 Å². The minimum absolute atomic E-state index is 0.0855. The zero-order valence-corrected chi connectivity index (χ0v) is 15.7. The third-order valence-electron chi connectivity index (χ3n) is 4.07. The number of carbonyl (C=O) groups is 1. The minimum Gasteiger partial charge on any atom is -0.324 e. The van der Waals surface area contributed by atoms with Gasteiger partial charge >= 0.3 is 0 Å². The van der Waals surface area contributed by atoms with Gasteiger partial charge in [0.25, 0.3) is 10.0 Å². The molecule has 5 nitrogen and oxygen atoms in total. The van der Waals surface area contributed by atoms with Gasteiger partial charge in [0, 0.05) is 10.6 Å². The summed E-state index contributed by atoms with van der Waals surface area (Å²) in [5, 5.41) is 2.67. The number of rotatable bonds is 5. The Balaban J connectivity index is 1.85. The van der Waals surface area contributed by atoms with Gasteiger partial charge in [-0.25, -0.2) is 8.42 Å². The summed E-state index contributed by atoms with van der Waals surface area (Å²) < 4.78 is 27.8. The van der Waals surface area contributed by atoms with E-state index in [9.17, 15) is 13.2 Å². The summed E-state index contributed by atoms with van der Waals surface area (Å²) >= 11 is 1.47. The van der Waals surface area contributed by atoms with Crippen molar-refractivity contribution in [2.45, 2.75) is 41.7 Å². The number of anilines is 2. The van der Waals surface area contributed by atoms with Crippen LogP contribution in [0.3, 0.4) is 0 Å². The van der Waals surface area contributed by atoms with E-state index in [4.69, 9.17) is 0 Å². The molecule has 0 aliphatic carbocycles. The molecule has 0 saturated heterocycles. The van der Waals surface area contributed by atoms with Gasteiger partial charge in [0.1, 0.15) is 0 Å². The molecule has 0 fully saturated rings. The van der Waals surface area contributed by atoms with Crippen LogP contribution in [-0.4, -0.2) is 19.6 Å². The first kappa shape index (κ1) is 17.8. The molecule has 25 heavy (non-hydrogen) atoms. The predicted molar refractivity (Wildman–Crippen MR) is 102 cm³/mol. The highest BCUT2D eigenvalue weighted by Gasteiger charge is 2.27. The Labute approximate surface area is 152 Å². The first-order valence-electron chi connectivity index (χ1n) is 8.16. The summed E-state index contributed by atoms with van der Waals surface area (Å²) in [4.78, 5) is 13.0. The average molecular weight is 377 g/mol. The third kappa shape index (κ3) is 3.82. The summed E-state index contributed by atoms with van der Waals surface area (Å²) in [6.07, 6.45) is 1.62. The van der Waals surface area contributed by atoms with E-state index in [-0.39, 0.29) is 16.1 Å². The van der Waals surface area contributed by atoms with Crippen molar-refractivity contribution in [2.24, 2.45) is 0 Å². The zero-order valence-electron chi connectivity index (χ0n) is 14.1. The molecule has 2 aromatic carbocycles. The number of hydrogen-bond acceptors (Lipinski definition) is 4. The monoisotopic (exact) mass is 376 g/mol. The molecule has 1 atom stereocenters. The van der Waals surface area contributed by atoms with Crippen LogP contribution in [0, 0.1) is 0 Å². The summed E-state index contributed by atoms with van der Waals surface area (Å²) in [6.45, 7) is 4.00. The number of aryl methyl sites for hydroxylation is 1. The summed E-state index contributed by atoms with van der Waals surface area (Å²) in [7, 11) is -3.71. The molecule has 1 aliphatic heterocycles. The fourth-order valence-electron chi connectivity index (χ4n) is 2.59. The molecule has 0 aromatic heterocycles. The quantitative estimate of drug-likeness (QED) is 0.830. The molecule has 7 heteroatoms. The van der Waals surface area contributed by atoms with Crippen LogP contribution in [0.4, 0.5) is 11.4 Å². The van der Waals surface area contributed by atoms with Gasteiger partial charge in [-0.05, 0) is 48.7 Å². The maximum Gasteiger partial charge on any atom is 0.261 e. The highest BCUT2D eigenvalue weighted by molar-refractivity contribution is 8.01. The first-order valence-corrected chi connectivity index (χ1v) is 10.5. The van der Waals surface area contributed by atoms with Crippen molar-refractivity contribution >= 4 is 39.1 Å². The van der Waals surface area contributed by atoms with E-state index in [2.05, 4.69) is 10.0 Å². The molecular weight excluding hydrogens is 356 g/mol. The lowest BCUT2D eigenvalue weighted by atomic mass is 10.2. The molecule has 1 amide bonds. The molecule has 0 radical (unpaired) electrons. The Morgan fingerprint density at radius 3 is 2.48 bits per heavy atom. The third-order valence-corrected chi connectivity index (χ3v) is 6.89. The zero-order chi connectivity index (χ0) is 18.0. The van der Waals surface area contributed by atoms with Crippen molar-refractivity contribution in [3.8, 4) is 0 Å². The lowest BCUT2D eigenvalue weighted by Crippen LogP contribution is -2.28. The van der Waals surface area contributed by atoms with Gasteiger partial charge in [-0.1, -0.05) is 26.0 Å². The van der Waals surface area contributed by atoms with Crippen LogP contribution >= 0.6 is 11.8 Å². The lowest BCUT2D eigenvalue weighted by Gasteiger charge is -2.23. The molecular formula is C18H20N2O3S2. The molecule has 3 rings (SSSR count). The summed E-state index contributed by atoms with van der Waals surface area (Å²) in [5.74, 6) is -0.0855. The lowest BCUT2D eigenvalue weighted by molar-refractivity contribution is -0.115. The van der Waals surface area contributed by atoms with Crippen molar-refractivity contribution in [1.29, 1.82) is 0 Å². The van der Waals surface area contributed by atoms with E-state index in [0.717, 1.165) is 23.3 Å². The van der Waals surface area contributed by atoms with Crippen LogP contribution in [0.25, 0.3) is 0 Å². The second-order valence-corrected chi connectivity index (χ2v) is 8.74. The molecule has 0 spiro atoms. The number of sulfonamides is 1. The highest BCUT2D eigenvalue weighted by Crippen LogP contribution is 2.38. The average Bonchev–Trinajstić information content (AvgIpc) is 2.61. The Morgan fingerprint density at radius 2 is 1.84 bits per heavy atom. The van der Waals surface area contributed by atoms with E-state index in [1.807, 2.05) is 26.0 Å². The summed E-state index contributed by atoms with van der Waals surface area (Å²) in [6, 6.07) is 12.1. The van der Waals surface area contributed by atoms with E-state index < -0.39 is 10.0 Å². The van der Waals surface area contributed by atoms with E-state index in [1.54, 1.807) is 24.3 Å². The van der Waals surface area contributed by atoms with E-state index in [0.29, 0.717) is 11.4 Å². The molecule has 0 unspecified atom stereocenters. The highest BCUT2D eigenvalue weighted by atomic mass is 32.2. The molecule has 1 heterocycles. The van der Waals surface area contributed by atoms with Crippen LogP contribution < -0.4 is 10.0 Å². The molecule has 0 bridgehead atoms. The predicted octanol–water partition coefficient (Wildman–Crippen LogP) is 3.87.